The van der Waals surface area contributed by atoms with Gasteiger partial charge in [0.25, 0.3) is 0 Å². The zero-order chi connectivity index (χ0) is 17.8. The molecule has 7 nitrogen and oxygen atoms in total. The van der Waals surface area contributed by atoms with E-state index in [1.165, 1.54) is 6.20 Å². The van der Waals surface area contributed by atoms with Crippen molar-refractivity contribution in [1.82, 2.24) is 29.9 Å². The minimum absolute atomic E-state index is 0.0339. The highest BCUT2D eigenvalue weighted by Crippen LogP contribution is 1.98. The molecule has 3 rings (SSSR count). The van der Waals surface area contributed by atoms with E-state index in [2.05, 4.69) is 29.9 Å². The largest absolute Gasteiger partial charge is 0.390 e. The van der Waals surface area contributed by atoms with Gasteiger partial charge in [-0.1, -0.05) is 0 Å². The molecule has 0 amide bonds. The highest BCUT2D eigenvalue weighted by molar-refractivity contribution is 5.09. The van der Waals surface area contributed by atoms with Crippen LogP contribution >= 0.6 is 0 Å². The van der Waals surface area contributed by atoms with Gasteiger partial charge in [-0.2, -0.15) is 0 Å². The smallest absolute Gasteiger partial charge is 0.0868 e. The van der Waals surface area contributed by atoms with Gasteiger partial charge in [0.2, 0.25) is 0 Å². The standard InChI is InChI=1S/C7H10N2.C5H6N2O.C5H6N2/c1-5-4-8-6(2)7(3)9-5;8-4-5-3-6-1-2-7-5;1-5-4-6-2-3-7-5/h4H,1-3H3;1-3,8H,4H2;2-4H,1H3. The van der Waals surface area contributed by atoms with Crippen molar-refractivity contribution in [3.63, 3.8) is 0 Å². The fourth-order valence-corrected chi connectivity index (χ4v) is 1.44. The second kappa shape index (κ2) is 10.8. The summed E-state index contributed by atoms with van der Waals surface area (Å²) >= 11 is 0. The van der Waals surface area contributed by atoms with Crippen molar-refractivity contribution in [2.24, 2.45) is 0 Å². The molecule has 0 unspecified atom stereocenters. The number of hydrogen-bond acceptors (Lipinski definition) is 7. The SMILES string of the molecule is Cc1cnc(C)c(C)n1.Cc1cnccn1.OCc1cnccn1. The predicted molar refractivity (Wildman–Crippen MR) is 91.0 cm³/mol. The van der Waals surface area contributed by atoms with Gasteiger partial charge in [-0.05, 0) is 27.7 Å². The molecule has 3 aromatic heterocycles. The molecule has 3 aromatic rings. The molecular formula is C17H22N6O. The first-order valence-corrected chi connectivity index (χ1v) is 7.38. The summed E-state index contributed by atoms with van der Waals surface area (Å²) in [6.07, 6.45) is 11.5. The third-order valence-corrected chi connectivity index (χ3v) is 2.78. The molecule has 0 aliphatic rings. The van der Waals surface area contributed by atoms with Crippen molar-refractivity contribution in [2.75, 3.05) is 0 Å². The van der Waals surface area contributed by atoms with Gasteiger partial charge in [-0.15, -0.1) is 0 Å². The molecule has 126 valence electrons. The first-order valence-electron chi connectivity index (χ1n) is 7.38. The lowest BCUT2D eigenvalue weighted by molar-refractivity contribution is 0.276. The molecule has 0 radical (unpaired) electrons. The van der Waals surface area contributed by atoms with Gasteiger partial charge in [0.15, 0.2) is 0 Å². The summed E-state index contributed by atoms with van der Waals surface area (Å²) in [5, 5.41) is 8.44. The molecule has 3 heterocycles. The van der Waals surface area contributed by atoms with E-state index in [0.717, 1.165) is 22.8 Å². The van der Waals surface area contributed by atoms with E-state index in [9.17, 15) is 0 Å². The number of nitrogens with zero attached hydrogens (tertiary/aromatic N) is 6. The maximum Gasteiger partial charge on any atom is 0.0868 e. The van der Waals surface area contributed by atoms with Gasteiger partial charge in [0.05, 0.1) is 41.3 Å². The molecule has 0 saturated carbocycles. The van der Waals surface area contributed by atoms with E-state index in [1.807, 2.05) is 27.7 Å². The van der Waals surface area contributed by atoms with E-state index in [0.29, 0.717) is 5.69 Å². The fourth-order valence-electron chi connectivity index (χ4n) is 1.44. The van der Waals surface area contributed by atoms with Gasteiger partial charge in [-0.3, -0.25) is 29.9 Å². The Morgan fingerprint density at radius 2 is 1.38 bits per heavy atom. The summed E-state index contributed by atoms with van der Waals surface area (Å²) < 4.78 is 0. The first kappa shape index (κ1) is 19.2. The average molecular weight is 326 g/mol. The third-order valence-electron chi connectivity index (χ3n) is 2.78. The Hall–Kier alpha value is -2.80. The summed E-state index contributed by atoms with van der Waals surface area (Å²) in [5.74, 6) is 0. The Kier molecular flexibility index (Phi) is 8.70. The molecule has 1 N–H and O–H groups in total. The normalized spacial score (nSPS) is 9.21. The molecule has 0 aliphatic heterocycles. The van der Waals surface area contributed by atoms with Crippen molar-refractivity contribution >= 4 is 0 Å². The van der Waals surface area contributed by atoms with Crippen LogP contribution in [0.3, 0.4) is 0 Å². The van der Waals surface area contributed by atoms with Crippen LogP contribution in [0.2, 0.25) is 0 Å². The Morgan fingerprint density at radius 1 is 0.708 bits per heavy atom. The van der Waals surface area contributed by atoms with Gasteiger partial charge >= 0.3 is 0 Å². The highest BCUT2D eigenvalue weighted by Gasteiger charge is 1.92. The minimum atomic E-state index is -0.0339. The van der Waals surface area contributed by atoms with E-state index >= 15 is 0 Å². The molecule has 0 aliphatic carbocycles. The molecule has 0 spiro atoms. The molecule has 0 bridgehead atoms. The number of aromatic nitrogens is 6. The summed E-state index contributed by atoms with van der Waals surface area (Å²) in [4.78, 5) is 23.6. The van der Waals surface area contributed by atoms with E-state index in [4.69, 9.17) is 5.11 Å². The third kappa shape index (κ3) is 8.00. The van der Waals surface area contributed by atoms with Crippen LogP contribution < -0.4 is 0 Å². The predicted octanol–water partition coefficient (Wildman–Crippen LogP) is 2.16. The lowest BCUT2D eigenvalue weighted by Gasteiger charge is -1.96. The molecule has 0 saturated heterocycles. The van der Waals surface area contributed by atoms with Crippen molar-refractivity contribution in [3.05, 3.63) is 71.8 Å². The van der Waals surface area contributed by atoms with Crippen LogP contribution in [0.5, 0.6) is 0 Å². The monoisotopic (exact) mass is 326 g/mol. The van der Waals surface area contributed by atoms with E-state index in [-0.39, 0.29) is 6.61 Å². The van der Waals surface area contributed by atoms with Crippen molar-refractivity contribution in [2.45, 2.75) is 34.3 Å². The Labute approximate surface area is 141 Å². The van der Waals surface area contributed by atoms with Crippen LogP contribution in [0.1, 0.15) is 28.5 Å². The zero-order valence-corrected chi connectivity index (χ0v) is 14.4. The molecule has 0 aromatic carbocycles. The molecule has 7 heteroatoms. The Bertz CT molecular complexity index is 707. The molecule has 24 heavy (non-hydrogen) atoms. The maximum atomic E-state index is 8.44. The summed E-state index contributed by atoms with van der Waals surface area (Å²) in [6.45, 7) is 7.75. The van der Waals surface area contributed by atoms with Gasteiger partial charge < -0.3 is 5.11 Å². The lowest BCUT2D eigenvalue weighted by atomic mass is 10.3. The highest BCUT2D eigenvalue weighted by atomic mass is 16.3. The average Bonchev–Trinajstić information content (AvgIpc) is 2.61. The van der Waals surface area contributed by atoms with Crippen molar-refractivity contribution in [3.8, 4) is 0 Å². The summed E-state index contributed by atoms with van der Waals surface area (Å²) in [7, 11) is 0. The van der Waals surface area contributed by atoms with Crippen molar-refractivity contribution < 1.29 is 5.11 Å². The second-order valence-electron chi connectivity index (χ2n) is 4.88. The zero-order valence-electron chi connectivity index (χ0n) is 14.4. The van der Waals surface area contributed by atoms with Gasteiger partial charge in [-0.25, -0.2) is 0 Å². The van der Waals surface area contributed by atoms with E-state index < -0.39 is 0 Å². The van der Waals surface area contributed by atoms with Crippen LogP contribution in [0, 0.1) is 27.7 Å². The van der Waals surface area contributed by atoms with E-state index in [1.54, 1.807) is 37.2 Å². The second-order valence-corrected chi connectivity index (χ2v) is 4.88. The number of aliphatic hydroxyl groups excluding tert-OH is 1. The lowest BCUT2D eigenvalue weighted by Crippen LogP contribution is -1.92. The summed E-state index contributed by atoms with van der Waals surface area (Å²) in [6, 6.07) is 0. The quantitative estimate of drug-likeness (QED) is 0.731. The van der Waals surface area contributed by atoms with Crippen LogP contribution in [-0.2, 0) is 6.61 Å². The number of aryl methyl sites for hydroxylation is 4. The fraction of sp³-hybridized carbons (Fsp3) is 0.294. The summed E-state index contributed by atoms with van der Waals surface area (Å²) in [5.41, 5.74) is 4.59. The Morgan fingerprint density at radius 3 is 1.71 bits per heavy atom. The number of rotatable bonds is 1. The molecule has 0 atom stereocenters. The molecular weight excluding hydrogens is 304 g/mol. The first-order chi connectivity index (χ1) is 11.5. The van der Waals surface area contributed by atoms with Crippen LogP contribution in [0.15, 0.2) is 43.4 Å². The van der Waals surface area contributed by atoms with Crippen LogP contribution in [0.25, 0.3) is 0 Å². The topological polar surface area (TPSA) is 97.6 Å². The van der Waals surface area contributed by atoms with Crippen LogP contribution in [-0.4, -0.2) is 35.0 Å². The number of aliphatic hydroxyl groups is 1. The Balaban J connectivity index is 0.000000181. The van der Waals surface area contributed by atoms with Gasteiger partial charge in [0.1, 0.15) is 0 Å². The van der Waals surface area contributed by atoms with Crippen molar-refractivity contribution in [1.29, 1.82) is 0 Å². The number of hydrogen-bond donors (Lipinski definition) is 1. The maximum absolute atomic E-state index is 8.44. The van der Waals surface area contributed by atoms with Crippen LogP contribution in [0.4, 0.5) is 0 Å². The molecule has 0 fully saturated rings. The minimum Gasteiger partial charge on any atom is -0.390 e. The van der Waals surface area contributed by atoms with Gasteiger partial charge in [0, 0.05) is 37.2 Å².